The predicted octanol–water partition coefficient (Wildman–Crippen LogP) is 1.63. The van der Waals surface area contributed by atoms with Crippen molar-refractivity contribution in [3.05, 3.63) is 11.8 Å². The fourth-order valence-electron chi connectivity index (χ4n) is 1.85. The van der Waals surface area contributed by atoms with E-state index in [4.69, 9.17) is 9.47 Å². The molecule has 1 aromatic rings. The first kappa shape index (κ1) is 12.0. The molecule has 2 aliphatic carbocycles. The zero-order valence-corrected chi connectivity index (χ0v) is 10.7. The molecule has 0 saturated heterocycles. The molecule has 0 aromatic carbocycles. The molecule has 1 N–H and O–H groups in total. The van der Waals surface area contributed by atoms with Gasteiger partial charge in [-0.25, -0.2) is 0 Å². The fourth-order valence-corrected chi connectivity index (χ4v) is 1.85. The van der Waals surface area contributed by atoms with Gasteiger partial charge in [-0.1, -0.05) is 0 Å². The quantitative estimate of drug-likeness (QED) is 0.749. The number of aryl methyl sites for hydroxylation is 1. The van der Waals surface area contributed by atoms with Crippen LogP contribution in [0, 0.1) is 11.8 Å². The molecule has 0 bridgehead atoms. The Morgan fingerprint density at radius 2 is 2.00 bits per heavy atom. The van der Waals surface area contributed by atoms with Crippen molar-refractivity contribution >= 4 is 0 Å². The number of aliphatic hydroxyl groups excluding tert-OH is 1. The van der Waals surface area contributed by atoms with Crippen LogP contribution in [0.15, 0.2) is 6.20 Å². The first-order chi connectivity index (χ1) is 8.72. The molecule has 2 aliphatic rings. The van der Waals surface area contributed by atoms with E-state index in [2.05, 4.69) is 5.10 Å². The largest absolute Gasteiger partial charge is 0.476 e. The van der Waals surface area contributed by atoms with E-state index in [1.165, 1.54) is 25.7 Å². The number of hydrogen-bond donors (Lipinski definition) is 1. The Balaban J connectivity index is 1.59. The maximum atomic E-state index is 10.0. The molecule has 0 amide bonds. The molecule has 1 atom stereocenters. The predicted molar refractivity (Wildman–Crippen MR) is 65.1 cm³/mol. The molecule has 5 nitrogen and oxygen atoms in total. The van der Waals surface area contributed by atoms with Gasteiger partial charge in [-0.05, 0) is 37.5 Å². The second-order valence-electron chi connectivity index (χ2n) is 5.45. The van der Waals surface area contributed by atoms with Crippen LogP contribution < -0.4 is 4.74 Å². The highest BCUT2D eigenvalue weighted by Crippen LogP contribution is 2.33. The van der Waals surface area contributed by atoms with Gasteiger partial charge >= 0.3 is 0 Å². The van der Waals surface area contributed by atoms with Crippen LogP contribution in [-0.4, -0.2) is 28.1 Å². The molecule has 1 heterocycles. The average molecular weight is 252 g/mol. The molecule has 0 aliphatic heterocycles. The van der Waals surface area contributed by atoms with Crippen molar-refractivity contribution in [3.63, 3.8) is 0 Å². The van der Waals surface area contributed by atoms with Gasteiger partial charge in [-0.2, -0.15) is 0 Å². The molecule has 5 heteroatoms. The molecule has 3 rings (SSSR count). The molecule has 0 radical (unpaired) electrons. The monoisotopic (exact) mass is 252 g/mol. The zero-order chi connectivity index (χ0) is 12.5. The summed E-state index contributed by atoms with van der Waals surface area (Å²) in [5, 5.41) is 14.2. The Bertz CT molecular complexity index is 410. The van der Waals surface area contributed by atoms with Crippen LogP contribution in [0.3, 0.4) is 0 Å². The van der Waals surface area contributed by atoms with Gasteiger partial charge in [-0.3, -0.25) is 4.68 Å². The van der Waals surface area contributed by atoms with Gasteiger partial charge in [0.2, 0.25) is 5.88 Å². The van der Waals surface area contributed by atoms with Crippen molar-refractivity contribution in [2.45, 2.75) is 32.0 Å². The van der Waals surface area contributed by atoms with Gasteiger partial charge in [0.15, 0.2) is 6.29 Å². The number of hydrogen-bond acceptors (Lipinski definition) is 4. The summed E-state index contributed by atoms with van der Waals surface area (Å²) in [5.74, 6) is 1.81. The van der Waals surface area contributed by atoms with Crippen LogP contribution in [0.2, 0.25) is 0 Å². The summed E-state index contributed by atoms with van der Waals surface area (Å²) < 4.78 is 12.8. The molecule has 100 valence electrons. The van der Waals surface area contributed by atoms with Gasteiger partial charge in [0.25, 0.3) is 0 Å². The summed E-state index contributed by atoms with van der Waals surface area (Å²) in [6.07, 6.45) is 5.75. The summed E-state index contributed by atoms with van der Waals surface area (Å²) in [4.78, 5) is 0. The van der Waals surface area contributed by atoms with Crippen molar-refractivity contribution in [1.82, 2.24) is 9.78 Å². The van der Waals surface area contributed by atoms with E-state index in [0.717, 1.165) is 0 Å². The lowest BCUT2D eigenvalue weighted by atomic mass is 10.3. The molecular formula is C13H20N2O3. The number of nitrogens with zero attached hydrogens (tertiary/aromatic N) is 2. The third kappa shape index (κ3) is 3.03. The first-order valence-corrected chi connectivity index (χ1v) is 6.68. The maximum absolute atomic E-state index is 10.0. The SMILES string of the molecule is Cn1cc(C(O)OCC2CC2)c(OCC2CC2)n1. The van der Waals surface area contributed by atoms with E-state index < -0.39 is 6.29 Å². The van der Waals surface area contributed by atoms with Crippen LogP contribution in [-0.2, 0) is 11.8 Å². The van der Waals surface area contributed by atoms with Gasteiger partial charge in [0.05, 0.1) is 18.8 Å². The van der Waals surface area contributed by atoms with Gasteiger partial charge < -0.3 is 14.6 Å². The fraction of sp³-hybridized carbons (Fsp3) is 0.769. The van der Waals surface area contributed by atoms with Crippen LogP contribution >= 0.6 is 0 Å². The second kappa shape index (κ2) is 4.90. The molecule has 1 unspecified atom stereocenters. The molecule has 2 saturated carbocycles. The van der Waals surface area contributed by atoms with Crippen LogP contribution in [0.4, 0.5) is 0 Å². The molecule has 18 heavy (non-hydrogen) atoms. The Kier molecular flexibility index (Phi) is 3.26. The van der Waals surface area contributed by atoms with Crippen LogP contribution in [0.5, 0.6) is 5.88 Å². The van der Waals surface area contributed by atoms with Crippen molar-refractivity contribution in [2.75, 3.05) is 13.2 Å². The highest BCUT2D eigenvalue weighted by Gasteiger charge is 2.27. The van der Waals surface area contributed by atoms with E-state index in [1.54, 1.807) is 10.9 Å². The lowest BCUT2D eigenvalue weighted by molar-refractivity contribution is -0.107. The third-order valence-electron chi connectivity index (χ3n) is 3.43. The minimum absolute atomic E-state index is 0.507. The van der Waals surface area contributed by atoms with Gasteiger partial charge in [0, 0.05) is 13.2 Å². The highest BCUT2D eigenvalue weighted by molar-refractivity contribution is 5.24. The van der Waals surface area contributed by atoms with Crippen LogP contribution in [0.25, 0.3) is 0 Å². The Labute approximate surface area is 107 Å². The lowest BCUT2D eigenvalue weighted by Gasteiger charge is -2.11. The highest BCUT2D eigenvalue weighted by atomic mass is 16.6. The molecule has 0 spiro atoms. The maximum Gasteiger partial charge on any atom is 0.241 e. The van der Waals surface area contributed by atoms with E-state index in [9.17, 15) is 5.11 Å². The summed E-state index contributed by atoms with van der Waals surface area (Å²) >= 11 is 0. The number of rotatable bonds is 7. The normalized spacial score (nSPS) is 21.0. The van der Waals surface area contributed by atoms with Crippen molar-refractivity contribution in [1.29, 1.82) is 0 Å². The average Bonchev–Trinajstić information content (AvgIpc) is 3.23. The van der Waals surface area contributed by atoms with E-state index in [0.29, 0.717) is 36.5 Å². The van der Waals surface area contributed by atoms with Gasteiger partial charge in [0.1, 0.15) is 0 Å². The standard InChI is InChI=1S/C13H20N2O3/c1-15-6-11(13(16)18-8-10-4-5-10)12(14-15)17-7-9-2-3-9/h6,9-10,13,16H,2-5,7-8H2,1H3. The summed E-state index contributed by atoms with van der Waals surface area (Å²) in [7, 11) is 1.82. The van der Waals surface area contributed by atoms with Crippen molar-refractivity contribution in [3.8, 4) is 5.88 Å². The first-order valence-electron chi connectivity index (χ1n) is 6.68. The minimum Gasteiger partial charge on any atom is -0.476 e. The third-order valence-corrected chi connectivity index (χ3v) is 3.43. The number of aliphatic hydroxyl groups is 1. The van der Waals surface area contributed by atoms with Crippen molar-refractivity contribution in [2.24, 2.45) is 18.9 Å². The molecule has 2 fully saturated rings. The zero-order valence-electron chi connectivity index (χ0n) is 10.7. The Morgan fingerprint density at radius 1 is 1.33 bits per heavy atom. The topological polar surface area (TPSA) is 56.5 Å². The van der Waals surface area contributed by atoms with E-state index in [1.807, 2.05) is 7.05 Å². The molecule has 1 aromatic heterocycles. The minimum atomic E-state index is -0.923. The summed E-state index contributed by atoms with van der Waals surface area (Å²) in [6.45, 7) is 1.32. The van der Waals surface area contributed by atoms with Crippen molar-refractivity contribution < 1.29 is 14.6 Å². The number of aromatic nitrogens is 2. The number of ether oxygens (including phenoxy) is 2. The lowest BCUT2D eigenvalue weighted by Crippen LogP contribution is -2.08. The summed E-state index contributed by atoms with van der Waals surface area (Å²) in [6, 6.07) is 0. The Hall–Kier alpha value is -1.07. The van der Waals surface area contributed by atoms with E-state index in [-0.39, 0.29) is 0 Å². The second-order valence-corrected chi connectivity index (χ2v) is 5.45. The Morgan fingerprint density at radius 3 is 2.67 bits per heavy atom. The smallest absolute Gasteiger partial charge is 0.241 e. The summed E-state index contributed by atoms with van der Waals surface area (Å²) in [5.41, 5.74) is 0.638. The van der Waals surface area contributed by atoms with Gasteiger partial charge in [-0.15, -0.1) is 5.10 Å². The van der Waals surface area contributed by atoms with Crippen LogP contribution in [0.1, 0.15) is 37.5 Å². The van der Waals surface area contributed by atoms with E-state index >= 15 is 0 Å². The molecular weight excluding hydrogens is 232 g/mol.